The van der Waals surface area contributed by atoms with Crippen LogP contribution >= 0.6 is 0 Å². The van der Waals surface area contributed by atoms with E-state index in [0.29, 0.717) is 0 Å². The number of para-hydroxylation sites is 1. The molecule has 0 amide bonds. The number of aromatic nitrogens is 3. The largest absolute Gasteiger partial charge is 0.309 e. The molecule has 3 nitrogen and oxygen atoms in total. The number of rotatable bonds is 5. The van der Waals surface area contributed by atoms with Gasteiger partial charge in [0.15, 0.2) is 13.9 Å². The molecule has 3 heterocycles. The Morgan fingerprint density at radius 2 is 1.08 bits per heavy atom. The van der Waals surface area contributed by atoms with E-state index in [2.05, 4.69) is 219 Å². The van der Waals surface area contributed by atoms with Crippen LogP contribution in [0.25, 0.3) is 72.5 Å². The molecule has 2 aromatic heterocycles. The predicted molar refractivity (Wildman–Crippen MR) is 247 cm³/mol. The molecular formula is C55H39N3Si. The summed E-state index contributed by atoms with van der Waals surface area (Å²) < 4.78 is 2.44. The lowest BCUT2D eigenvalue weighted by atomic mass is 9.82. The van der Waals surface area contributed by atoms with Gasteiger partial charge in [0, 0.05) is 43.8 Å². The highest BCUT2D eigenvalue weighted by Gasteiger charge is 2.51. The van der Waals surface area contributed by atoms with Gasteiger partial charge in [-0.3, -0.25) is 0 Å². The summed E-state index contributed by atoms with van der Waals surface area (Å²) in [4.78, 5) is 11.3. The van der Waals surface area contributed by atoms with E-state index in [1.165, 1.54) is 70.4 Å². The molecular weight excluding hydrogens is 731 g/mol. The van der Waals surface area contributed by atoms with Gasteiger partial charge < -0.3 is 4.57 Å². The minimum atomic E-state index is -2.87. The van der Waals surface area contributed by atoms with Crippen molar-refractivity contribution in [1.82, 2.24) is 14.5 Å². The Hall–Kier alpha value is -7.14. The molecule has 0 saturated heterocycles. The monoisotopic (exact) mass is 769 g/mol. The van der Waals surface area contributed by atoms with Gasteiger partial charge in [-0.25, -0.2) is 9.97 Å². The molecule has 0 bridgehead atoms. The summed E-state index contributed by atoms with van der Waals surface area (Å²) in [5.41, 5.74) is 14.2. The average molecular weight is 770 g/mol. The molecule has 1 aliphatic heterocycles. The fraction of sp³-hybridized carbons (Fsp3) is 0.0545. The van der Waals surface area contributed by atoms with E-state index in [9.17, 15) is 0 Å². The second-order valence-electron chi connectivity index (χ2n) is 16.5. The molecule has 0 atom stereocenters. The van der Waals surface area contributed by atoms with Crippen molar-refractivity contribution in [3.63, 3.8) is 0 Å². The topological polar surface area (TPSA) is 30.7 Å². The van der Waals surface area contributed by atoms with Gasteiger partial charge >= 0.3 is 0 Å². The molecule has 0 N–H and O–H groups in total. The number of hydrogen-bond acceptors (Lipinski definition) is 2. The van der Waals surface area contributed by atoms with Crippen LogP contribution in [0.2, 0.25) is 0 Å². The Labute approximate surface area is 345 Å². The number of benzene rings is 8. The molecule has 0 spiro atoms. The zero-order chi connectivity index (χ0) is 39.3. The second kappa shape index (κ2) is 12.7. The lowest BCUT2D eigenvalue weighted by molar-refractivity contribution is 0.661. The Bertz CT molecular complexity index is 3250. The molecule has 278 valence electrons. The molecule has 59 heavy (non-hydrogen) atoms. The van der Waals surface area contributed by atoms with Crippen LogP contribution in [0.3, 0.4) is 0 Å². The summed E-state index contributed by atoms with van der Waals surface area (Å²) in [6.45, 7) is 4.72. The van der Waals surface area contributed by atoms with Crippen molar-refractivity contribution in [3.8, 4) is 50.7 Å². The van der Waals surface area contributed by atoms with Crippen LogP contribution in [0, 0.1) is 0 Å². The first-order valence-corrected chi connectivity index (χ1v) is 22.5. The molecule has 8 aromatic carbocycles. The predicted octanol–water partition coefficient (Wildman–Crippen LogP) is 10.6. The molecule has 10 aromatic rings. The van der Waals surface area contributed by atoms with E-state index in [1.54, 1.807) is 0 Å². The third kappa shape index (κ3) is 4.69. The first-order chi connectivity index (χ1) is 29.0. The maximum atomic E-state index is 5.66. The summed E-state index contributed by atoms with van der Waals surface area (Å²) in [6.07, 6.45) is 0. The van der Waals surface area contributed by atoms with E-state index < -0.39 is 8.07 Å². The van der Waals surface area contributed by atoms with Crippen LogP contribution in [0.4, 0.5) is 0 Å². The van der Waals surface area contributed by atoms with Gasteiger partial charge in [-0.2, -0.15) is 0 Å². The maximum absolute atomic E-state index is 5.66. The molecule has 0 unspecified atom stereocenters. The minimum absolute atomic E-state index is 0.0787. The number of fused-ring (bicyclic) bond motifs is 10. The van der Waals surface area contributed by atoms with E-state index in [1.807, 2.05) is 0 Å². The van der Waals surface area contributed by atoms with Crippen molar-refractivity contribution in [2.75, 3.05) is 0 Å². The van der Waals surface area contributed by atoms with Gasteiger partial charge in [0.1, 0.15) is 0 Å². The molecule has 0 saturated carbocycles. The molecule has 12 rings (SSSR count). The highest BCUT2D eigenvalue weighted by atomic mass is 28.3. The van der Waals surface area contributed by atoms with Crippen molar-refractivity contribution >= 4 is 50.6 Å². The van der Waals surface area contributed by atoms with Crippen LogP contribution in [-0.4, -0.2) is 22.6 Å². The van der Waals surface area contributed by atoms with Crippen LogP contribution < -0.4 is 20.7 Å². The fourth-order valence-electron chi connectivity index (χ4n) is 10.6. The van der Waals surface area contributed by atoms with Crippen molar-refractivity contribution in [2.45, 2.75) is 19.3 Å². The second-order valence-corrected chi connectivity index (χ2v) is 20.2. The SMILES string of the molecule is CC1(C)c2ccccc2-c2c1ccc1c2c2ccccc2n1-c1cccc(-c2nc(-c3ccccc3)c3c(n2)-c2ccccc2[Si]3(c2ccccc2)c2ccccc2)c1. The van der Waals surface area contributed by atoms with Gasteiger partial charge in [0.25, 0.3) is 0 Å². The summed E-state index contributed by atoms with van der Waals surface area (Å²) >= 11 is 0. The van der Waals surface area contributed by atoms with Gasteiger partial charge in [0.2, 0.25) is 0 Å². The lowest BCUT2D eigenvalue weighted by Crippen LogP contribution is -2.73. The Kier molecular flexibility index (Phi) is 7.29. The zero-order valence-electron chi connectivity index (χ0n) is 32.9. The minimum Gasteiger partial charge on any atom is -0.309 e. The number of nitrogens with zero attached hydrogens (tertiary/aromatic N) is 3. The van der Waals surface area contributed by atoms with Crippen LogP contribution in [-0.2, 0) is 5.41 Å². The summed E-state index contributed by atoms with van der Waals surface area (Å²) in [5, 5.41) is 7.83. The fourth-order valence-corrected chi connectivity index (χ4v) is 15.8. The lowest BCUT2D eigenvalue weighted by Gasteiger charge is -2.32. The van der Waals surface area contributed by atoms with Crippen LogP contribution in [0.5, 0.6) is 0 Å². The molecule has 4 heteroatoms. The molecule has 0 radical (unpaired) electrons. The Morgan fingerprint density at radius 3 is 1.85 bits per heavy atom. The molecule has 2 aliphatic rings. The van der Waals surface area contributed by atoms with Crippen molar-refractivity contribution in [1.29, 1.82) is 0 Å². The zero-order valence-corrected chi connectivity index (χ0v) is 33.9. The van der Waals surface area contributed by atoms with Gasteiger partial charge in [-0.1, -0.05) is 190 Å². The van der Waals surface area contributed by atoms with E-state index >= 15 is 0 Å². The Balaban J connectivity index is 1.12. The maximum Gasteiger partial charge on any atom is 0.185 e. The van der Waals surface area contributed by atoms with Crippen LogP contribution in [0.15, 0.2) is 200 Å². The first-order valence-electron chi connectivity index (χ1n) is 20.5. The van der Waals surface area contributed by atoms with E-state index in [0.717, 1.165) is 34.0 Å². The quantitative estimate of drug-likeness (QED) is 0.163. The summed E-state index contributed by atoms with van der Waals surface area (Å²) in [6, 6.07) is 73.3. The third-order valence-electron chi connectivity index (χ3n) is 13.1. The van der Waals surface area contributed by atoms with Crippen molar-refractivity contribution in [3.05, 3.63) is 211 Å². The van der Waals surface area contributed by atoms with Gasteiger partial charge in [-0.15, -0.1) is 0 Å². The van der Waals surface area contributed by atoms with E-state index in [4.69, 9.17) is 9.97 Å². The first kappa shape index (κ1) is 33.9. The highest BCUT2D eigenvalue weighted by Crippen LogP contribution is 2.53. The summed E-state index contributed by atoms with van der Waals surface area (Å²) in [5.74, 6) is 0.725. The standard InChI is InChI=1S/C55H39N3Si/c1-55(2)44-30-15-12-27-41(44)49-45(55)33-34-47-50(49)42-28-13-16-31-46(42)58(47)38-22-18-21-37(35-38)54-56-51(36-19-6-3-7-20-36)53-52(57-54)43-29-14-17-32-48(43)59(53,39-23-8-4-9-24-39)40-25-10-5-11-26-40/h3-35H,1-2H3. The van der Waals surface area contributed by atoms with Crippen molar-refractivity contribution in [2.24, 2.45) is 0 Å². The average Bonchev–Trinajstić information content (AvgIpc) is 3.88. The highest BCUT2D eigenvalue weighted by molar-refractivity contribution is 7.22. The number of hydrogen-bond donors (Lipinski definition) is 0. The smallest absolute Gasteiger partial charge is 0.185 e. The van der Waals surface area contributed by atoms with Crippen molar-refractivity contribution < 1.29 is 0 Å². The summed E-state index contributed by atoms with van der Waals surface area (Å²) in [7, 11) is -2.87. The molecule has 1 aliphatic carbocycles. The van der Waals surface area contributed by atoms with Gasteiger partial charge in [0.05, 0.1) is 22.4 Å². The Morgan fingerprint density at radius 1 is 0.475 bits per heavy atom. The van der Waals surface area contributed by atoms with Crippen LogP contribution in [0.1, 0.15) is 25.0 Å². The third-order valence-corrected chi connectivity index (χ3v) is 17.9. The van der Waals surface area contributed by atoms with E-state index in [-0.39, 0.29) is 5.41 Å². The van der Waals surface area contributed by atoms with Gasteiger partial charge in [-0.05, 0) is 62.1 Å². The molecule has 0 fully saturated rings. The normalized spacial score (nSPS) is 14.2.